The summed E-state index contributed by atoms with van der Waals surface area (Å²) in [5, 5.41) is 3.83. The van der Waals surface area contributed by atoms with Crippen molar-refractivity contribution in [3.63, 3.8) is 0 Å². The minimum absolute atomic E-state index is 0. The molecule has 2 aromatic rings. The molecule has 3 nitrogen and oxygen atoms in total. The summed E-state index contributed by atoms with van der Waals surface area (Å²) < 4.78 is 4.71. The average Bonchev–Trinajstić information content (AvgIpc) is 2.79. The van der Waals surface area contributed by atoms with Crippen molar-refractivity contribution >= 4 is 0 Å². The smallest absolute Gasteiger partial charge is 0.124 e. The van der Waals surface area contributed by atoms with Crippen molar-refractivity contribution in [1.82, 2.24) is 10.1 Å². The van der Waals surface area contributed by atoms with Gasteiger partial charge in [-0.1, -0.05) is 60.2 Å². The Labute approximate surface area is 136 Å². The van der Waals surface area contributed by atoms with Crippen LogP contribution in [0.4, 0.5) is 0 Å². The Balaban J connectivity index is 0.000000385. The van der Waals surface area contributed by atoms with Crippen LogP contribution < -0.4 is 0 Å². The number of nitrogens with zero attached hydrogens (tertiary/aromatic N) is 2. The maximum absolute atomic E-state index is 4.71. The lowest BCUT2D eigenvalue weighted by Gasteiger charge is -2.16. The van der Waals surface area contributed by atoms with Crippen LogP contribution in [0.5, 0.6) is 0 Å². The van der Waals surface area contributed by atoms with E-state index in [1.807, 2.05) is 24.4 Å². The fourth-order valence-corrected chi connectivity index (χ4v) is 1.92. The van der Waals surface area contributed by atoms with E-state index in [-0.39, 0.29) is 7.43 Å². The van der Waals surface area contributed by atoms with Crippen LogP contribution in [-0.2, 0) is 12.8 Å². The van der Waals surface area contributed by atoms with Crippen LogP contribution in [0.15, 0.2) is 41.2 Å². The van der Waals surface area contributed by atoms with E-state index in [1.54, 1.807) is 6.26 Å². The molecule has 0 aromatic carbocycles. The molecule has 0 amide bonds. The highest BCUT2D eigenvalue weighted by atomic mass is 16.5. The third kappa shape index (κ3) is 10.1. The van der Waals surface area contributed by atoms with Gasteiger partial charge in [0.25, 0.3) is 0 Å². The molecule has 2 heterocycles. The fraction of sp³-hybridized carbons (Fsp3) is 0.579. The first-order chi connectivity index (χ1) is 9.66. The van der Waals surface area contributed by atoms with E-state index in [2.05, 4.69) is 57.7 Å². The van der Waals surface area contributed by atoms with Gasteiger partial charge >= 0.3 is 0 Å². The largest absolute Gasteiger partial charge is 0.365 e. The minimum Gasteiger partial charge on any atom is -0.365 e. The topological polar surface area (TPSA) is 38.9 Å². The standard InChI is InChI=1S/C10H15N.C8H13NO.CH4/c1-10(2,3)8-9-6-4-5-7-11-9;1-8(2,3)6-7-4-5-10-9-7;/h4-7H,8H2,1-3H3;4-5H,6H2,1-3H3;1H4. The molecule has 0 saturated carbocycles. The van der Waals surface area contributed by atoms with E-state index in [0.29, 0.717) is 10.8 Å². The number of hydrogen-bond acceptors (Lipinski definition) is 3. The number of aromatic nitrogens is 2. The van der Waals surface area contributed by atoms with Crippen molar-refractivity contribution in [3.8, 4) is 0 Å². The van der Waals surface area contributed by atoms with Crippen molar-refractivity contribution < 1.29 is 4.52 Å². The van der Waals surface area contributed by atoms with E-state index in [1.165, 1.54) is 5.69 Å². The molecule has 0 aliphatic rings. The lowest BCUT2D eigenvalue weighted by Crippen LogP contribution is -2.09. The first-order valence-electron chi connectivity index (χ1n) is 7.45. The predicted molar refractivity (Wildman–Crippen MR) is 93.8 cm³/mol. The Morgan fingerprint density at radius 1 is 0.864 bits per heavy atom. The summed E-state index contributed by atoms with van der Waals surface area (Å²) in [6.07, 6.45) is 5.49. The molecule has 0 aliphatic carbocycles. The second-order valence-electron chi connectivity index (χ2n) is 7.79. The monoisotopic (exact) mass is 304 g/mol. The average molecular weight is 304 g/mol. The lowest BCUT2D eigenvalue weighted by molar-refractivity contribution is 0.371. The summed E-state index contributed by atoms with van der Waals surface area (Å²) >= 11 is 0. The zero-order valence-electron chi connectivity index (χ0n) is 14.2. The molecule has 0 unspecified atom stereocenters. The fourth-order valence-electron chi connectivity index (χ4n) is 1.92. The molecule has 2 rings (SSSR count). The third-order valence-corrected chi connectivity index (χ3v) is 2.64. The maximum Gasteiger partial charge on any atom is 0.124 e. The number of rotatable bonds is 2. The van der Waals surface area contributed by atoms with Gasteiger partial charge in [-0.05, 0) is 35.8 Å². The molecule has 0 fully saturated rings. The molecule has 0 atom stereocenters. The second kappa shape index (κ2) is 8.72. The molecule has 22 heavy (non-hydrogen) atoms. The highest BCUT2D eigenvalue weighted by molar-refractivity contribution is 5.05. The molecule has 0 saturated heterocycles. The number of hydrogen-bond donors (Lipinski definition) is 0. The molecule has 0 spiro atoms. The SMILES string of the molecule is C.CC(C)(C)Cc1ccccn1.CC(C)(C)Cc1ccon1. The van der Waals surface area contributed by atoms with Crippen LogP contribution in [0.3, 0.4) is 0 Å². The Morgan fingerprint density at radius 3 is 1.86 bits per heavy atom. The summed E-state index contributed by atoms with van der Waals surface area (Å²) in [4.78, 5) is 4.26. The van der Waals surface area contributed by atoms with Crippen molar-refractivity contribution in [3.05, 3.63) is 48.1 Å². The molecule has 0 N–H and O–H groups in total. The Bertz CT molecular complexity index is 490. The Kier molecular flexibility index (Phi) is 8.07. The molecule has 2 aromatic heterocycles. The van der Waals surface area contributed by atoms with Crippen molar-refractivity contribution in [1.29, 1.82) is 0 Å². The molecular formula is C19H32N2O. The summed E-state index contributed by atoms with van der Waals surface area (Å²) in [5.41, 5.74) is 2.86. The zero-order valence-corrected chi connectivity index (χ0v) is 14.2. The van der Waals surface area contributed by atoms with Crippen LogP contribution in [0.2, 0.25) is 0 Å². The van der Waals surface area contributed by atoms with Gasteiger partial charge < -0.3 is 4.52 Å². The minimum atomic E-state index is 0. The van der Waals surface area contributed by atoms with Crippen LogP contribution in [0, 0.1) is 10.8 Å². The zero-order chi connectivity index (χ0) is 15.9. The van der Waals surface area contributed by atoms with E-state index < -0.39 is 0 Å². The Hall–Kier alpha value is -1.64. The first-order valence-corrected chi connectivity index (χ1v) is 7.45. The maximum atomic E-state index is 4.71. The lowest BCUT2D eigenvalue weighted by atomic mass is 9.90. The van der Waals surface area contributed by atoms with Gasteiger partial charge in [-0.25, -0.2) is 0 Å². The summed E-state index contributed by atoms with van der Waals surface area (Å²) in [6, 6.07) is 7.97. The van der Waals surface area contributed by atoms with Gasteiger partial charge in [0.05, 0.1) is 5.69 Å². The summed E-state index contributed by atoms with van der Waals surface area (Å²) in [7, 11) is 0. The van der Waals surface area contributed by atoms with E-state index in [4.69, 9.17) is 4.52 Å². The quantitative estimate of drug-likeness (QED) is 0.728. The summed E-state index contributed by atoms with van der Waals surface area (Å²) in [5.74, 6) is 0. The van der Waals surface area contributed by atoms with Gasteiger partial charge in [-0.2, -0.15) is 0 Å². The molecule has 0 bridgehead atoms. The van der Waals surface area contributed by atoms with Crippen molar-refractivity contribution in [2.75, 3.05) is 0 Å². The van der Waals surface area contributed by atoms with Crippen molar-refractivity contribution in [2.24, 2.45) is 10.8 Å². The third-order valence-electron chi connectivity index (χ3n) is 2.64. The molecule has 0 aliphatic heterocycles. The highest BCUT2D eigenvalue weighted by Gasteiger charge is 2.12. The number of pyridine rings is 1. The van der Waals surface area contributed by atoms with Crippen LogP contribution in [-0.4, -0.2) is 10.1 Å². The predicted octanol–water partition coefficient (Wildman–Crippen LogP) is 5.57. The van der Waals surface area contributed by atoms with E-state index in [9.17, 15) is 0 Å². The highest BCUT2D eigenvalue weighted by Crippen LogP contribution is 2.19. The normalized spacial score (nSPS) is 11.2. The van der Waals surface area contributed by atoms with Crippen LogP contribution in [0.25, 0.3) is 0 Å². The van der Waals surface area contributed by atoms with Gasteiger partial charge in [0.15, 0.2) is 0 Å². The van der Waals surface area contributed by atoms with E-state index in [0.717, 1.165) is 18.5 Å². The first kappa shape index (κ1) is 20.4. The van der Waals surface area contributed by atoms with Gasteiger partial charge in [0.1, 0.15) is 6.26 Å². The van der Waals surface area contributed by atoms with Gasteiger partial charge in [-0.15, -0.1) is 0 Å². The van der Waals surface area contributed by atoms with E-state index >= 15 is 0 Å². The van der Waals surface area contributed by atoms with Crippen LogP contribution in [0.1, 0.15) is 60.4 Å². The van der Waals surface area contributed by atoms with Crippen molar-refractivity contribution in [2.45, 2.75) is 61.8 Å². The van der Waals surface area contributed by atoms with Gasteiger partial charge in [0, 0.05) is 18.0 Å². The molecule has 124 valence electrons. The molecular weight excluding hydrogens is 272 g/mol. The second-order valence-corrected chi connectivity index (χ2v) is 7.79. The Morgan fingerprint density at radius 2 is 1.45 bits per heavy atom. The summed E-state index contributed by atoms with van der Waals surface area (Å²) in [6.45, 7) is 13.2. The molecule has 0 radical (unpaired) electrons. The molecule has 3 heteroatoms. The van der Waals surface area contributed by atoms with Gasteiger partial charge in [0.2, 0.25) is 0 Å². The van der Waals surface area contributed by atoms with Crippen LogP contribution >= 0.6 is 0 Å². The van der Waals surface area contributed by atoms with Gasteiger partial charge in [-0.3, -0.25) is 4.98 Å².